The fourth-order valence-corrected chi connectivity index (χ4v) is 6.20. The molecule has 1 aliphatic heterocycles. The number of thiocarbonyl (C=S) groups is 1. The molecule has 0 amide bonds. The Morgan fingerprint density at radius 1 is 1.18 bits per heavy atom. The molecule has 6 nitrogen and oxygen atoms in total. The Balaban J connectivity index is 1.58. The molecule has 2 fully saturated rings. The maximum Gasteiger partial charge on any atom is 0.166 e. The molecule has 1 aromatic carbocycles. The molecular weight excluding hydrogens is 444 g/mol. The van der Waals surface area contributed by atoms with Gasteiger partial charge in [0.1, 0.15) is 0 Å². The molecule has 0 spiro atoms. The largest absolute Gasteiger partial charge is 0.493 e. The van der Waals surface area contributed by atoms with Gasteiger partial charge >= 0.3 is 0 Å². The van der Waals surface area contributed by atoms with E-state index in [9.17, 15) is 0 Å². The van der Waals surface area contributed by atoms with Gasteiger partial charge in [0, 0.05) is 49.5 Å². The van der Waals surface area contributed by atoms with Gasteiger partial charge in [0.2, 0.25) is 0 Å². The van der Waals surface area contributed by atoms with Crippen molar-refractivity contribution in [1.29, 1.82) is 0 Å². The van der Waals surface area contributed by atoms with Crippen molar-refractivity contribution in [2.45, 2.75) is 69.5 Å². The second-order valence-corrected chi connectivity index (χ2v) is 10.2. The van der Waals surface area contributed by atoms with Gasteiger partial charge in [-0.3, -0.25) is 4.90 Å². The smallest absolute Gasteiger partial charge is 0.166 e. The van der Waals surface area contributed by atoms with Gasteiger partial charge in [-0.25, -0.2) is 0 Å². The first-order valence-corrected chi connectivity index (χ1v) is 13.0. The van der Waals surface area contributed by atoms with Gasteiger partial charge in [0.15, 0.2) is 16.6 Å². The number of ether oxygens (including phenoxy) is 2. The van der Waals surface area contributed by atoms with Gasteiger partial charge in [-0.2, -0.15) is 0 Å². The van der Waals surface area contributed by atoms with E-state index >= 15 is 0 Å². The van der Waals surface area contributed by atoms with Gasteiger partial charge in [-0.1, -0.05) is 19.4 Å². The van der Waals surface area contributed by atoms with Crippen molar-refractivity contribution < 1.29 is 9.47 Å². The van der Waals surface area contributed by atoms with E-state index in [0.717, 1.165) is 68.3 Å². The number of likely N-dealkylation sites (tertiary alicyclic amines) is 1. The molecular formula is C27H40N4O2S. The summed E-state index contributed by atoms with van der Waals surface area (Å²) >= 11 is 5.62. The van der Waals surface area contributed by atoms with Crippen LogP contribution in [-0.2, 0) is 19.0 Å². The molecule has 3 atom stereocenters. The number of aromatic nitrogens is 1. The molecule has 7 heteroatoms. The molecule has 2 heterocycles. The molecule has 34 heavy (non-hydrogen) atoms. The van der Waals surface area contributed by atoms with Crippen molar-refractivity contribution >= 4 is 17.3 Å². The van der Waals surface area contributed by atoms with Gasteiger partial charge in [-0.15, -0.1) is 0 Å². The van der Waals surface area contributed by atoms with Crippen LogP contribution >= 0.6 is 12.2 Å². The van der Waals surface area contributed by atoms with Crippen molar-refractivity contribution in [2.24, 2.45) is 7.05 Å². The summed E-state index contributed by atoms with van der Waals surface area (Å²) in [5.41, 5.74) is 2.83. The Morgan fingerprint density at radius 2 is 2.00 bits per heavy atom. The van der Waals surface area contributed by atoms with Gasteiger partial charge in [0.25, 0.3) is 0 Å². The summed E-state index contributed by atoms with van der Waals surface area (Å²) in [5.74, 6) is 1.60. The highest BCUT2D eigenvalue weighted by Gasteiger charge is 2.51. The lowest BCUT2D eigenvalue weighted by atomic mass is 9.65. The maximum absolute atomic E-state index is 5.68. The lowest BCUT2D eigenvalue weighted by Crippen LogP contribution is -2.53. The Hall–Kier alpha value is -2.25. The van der Waals surface area contributed by atoms with E-state index in [1.54, 1.807) is 14.2 Å². The highest BCUT2D eigenvalue weighted by atomic mass is 32.1. The third-order valence-corrected chi connectivity index (χ3v) is 8.16. The predicted molar refractivity (Wildman–Crippen MR) is 142 cm³/mol. The topological polar surface area (TPSA) is 50.7 Å². The van der Waals surface area contributed by atoms with Crippen LogP contribution in [0.2, 0.25) is 0 Å². The number of nitrogens with zero attached hydrogens (tertiary/aromatic N) is 2. The zero-order valence-electron chi connectivity index (χ0n) is 21.1. The number of rotatable bonds is 9. The highest BCUT2D eigenvalue weighted by Crippen LogP contribution is 2.50. The van der Waals surface area contributed by atoms with Gasteiger partial charge in [-0.05, 0) is 80.7 Å². The minimum absolute atomic E-state index is 0.111. The van der Waals surface area contributed by atoms with E-state index in [1.807, 2.05) is 0 Å². The molecule has 1 saturated heterocycles. The normalized spacial score (nSPS) is 24.5. The van der Waals surface area contributed by atoms with Gasteiger partial charge < -0.3 is 24.7 Å². The molecule has 1 saturated carbocycles. The summed E-state index contributed by atoms with van der Waals surface area (Å²) in [7, 11) is 5.56. The summed E-state index contributed by atoms with van der Waals surface area (Å²) < 4.78 is 13.4. The van der Waals surface area contributed by atoms with Crippen molar-refractivity contribution in [3.63, 3.8) is 0 Å². The summed E-state index contributed by atoms with van der Waals surface area (Å²) in [6, 6.07) is 11.7. The van der Waals surface area contributed by atoms with Crippen LogP contribution in [0.4, 0.5) is 0 Å². The SMILES string of the molecule is CCCCNC(=S)N[C@@H]1CC[C@@]2(c3ccc(OC)c(OC)c3)CCN(Cc3cccn3C)[C@H]2C1. The predicted octanol–water partition coefficient (Wildman–Crippen LogP) is 4.37. The number of methoxy groups -OCH3 is 2. The monoisotopic (exact) mass is 484 g/mol. The van der Waals surface area contributed by atoms with E-state index < -0.39 is 0 Å². The quantitative estimate of drug-likeness (QED) is 0.407. The van der Waals surface area contributed by atoms with Crippen LogP contribution in [0.5, 0.6) is 11.5 Å². The molecule has 0 unspecified atom stereocenters. The first kappa shape index (κ1) is 24.9. The third kappa shape index (κ3) is 5.05. The Kier molecular flexibility index (Phi) is 8.04. The average Bonchev–Trinajstić information content (AvgIpc) is 3.42. The van der Waals surface area contributed by atoms with Crippen LogP contribution in [0.25, 0.3) is 0 Å². The van der Waals surface area contributed by atoms with E-state index in [1.165, 1.54) is 17.7 Å². The van der Waals surface area contributed by atoms with Crippen molar-refractivity contribution in [1.82, 2.24) is 20.1 Å². The Labute approximate surface area is 210 Å². The highest BCUT2D eigenvalue weighted by molar-refractivity contribution is 7.80. The van der Waals surface area contributed by atoms with Crippen LogP contribution in [0.1, 0.15) is 56.7 Å². The Bertz CT molecular complexity index is 977. The van der Waals surface area contributed by atoms with E-state index in [-0.39, 0.29) is 5.41 Å². The van der Waals surface area contributed by atoms with E-state index in [2.05, 4.69) is 70.6 Å². The molecule has 1 aliphatic carbocycles. The summed E-state index contributed by atoms with van der Waals surface area (Å²) in [6.45, 7) is 5.20. The second kappa shape index (κ2) is 11.0. The summed E-state index contributed by atoms with van der Waals surface area (Å²) in [5, 5.41) is 7.82. The molecule has 186 valence electrons. The fraction of sp³-hybridized carbons (Fsp3) is 0.593. The number of hydrogen-bond donors (Lipinski definition) is 2. The summed E-state index contributed by atoms with van der Waals surface area (Å²) in [4.78, 5) is 2.69. The van der Waals surface area contributed by atoms with E-state index in [0.29, 0.717) is 12.1 Å². The van der Waals surface area contributed by atoms with Crippen LogP contribution in [-0.4, -0.2) is 54.0 Å². The standard InChI is InChI=1S/C27H40N4O2S/c1-5-6-14-28-26(34)29-21-11-12-27(20-9-10-23(32-3)24(17-20)33-4)13-16-31(25(27)18-21)19-22-8-7-15-30(22)2/h7-10,15,17,21,25H,5-6,11-14,16,18-19H2,1-4H3,(H2,28,29,34)/t21-,25+,27+/m1/s1. The van der Waals surface area contributed by atoms with Crippen LogP contribution in [0.3, 0.4) is 0 Å². The third-order valence-electron chi connectivity index (χ3n) is 7.90. The number of aryl methyl sites for hydroxylation is 1. The van der Waals surface area contributed by atoms with Crippen LogP contribution in [0.15, 0.2) is 36.5 Å². The summed E-state index contributed by atoms with van der Waals surface area (Å²) in [6.07, 6.45) is 8.92. The molecule has 2 aromatic rings. The van der Waals surface area contributed by atoms with Crippen molar-refractivity contribution in [3.8, 4) is 11.5 Å². The minimum Gasteiger partial charge on any atom is -0.493 e. The lowest BCUT2D eigenvalue weighted by Gasteiger charge is -2.46. The molecule has 1 aromatic heterocycles. The average molecular weight is 485 g/mol. The van der Waals surface area contributed by atoms with Gasteiger partial charge in [0.05, 0.1) is 14.2 Å². The number of unbranched alkanes of at least 4 members (excludes halogenated alkanes) is 1. The first-order chi connectivity index (χ1) is 16.5. The minimum atomic E-state index is 0.111. The maximum atomic E-state index is 5.68. The fourth-order valence-electron chi connectivity index (χ4n) is 5.93. The zero-order valence-corrected chi connectivity index (χ0v) is 21.9. The molecule has 0 bridgehead atoms. The number of hydrogen-bond acceptors (Lipinski definition) is 4. The molecule has 2 aliphatic rings. The molecule has 0 radical (unpaired) electrons. The first-order valence-electron chi connectivity index (χ1n) is 12.6. The number of fused-ring (bicyclic) bond motifs is 1. The second-order valence-electron chi connectivity index (χ2n) is 9.80. The zero-order chi connectivity index (χ0) is 24.1. The lowest BCUT2D eigenvalue weighted by molar-refractivity contribution is 0.132. The van der Waals surface area contributed by atoms with Crippen molar-refractivity contribution in [2.75, 3.05) is 27.3 Å². The number of nitrogens with one attached hydrogen (secondary N) is 2. The van der Waals surface area contributed by atoms with Crippen LogP contribution < -0.4 is 20.1 Å². The molecule has 4 rings (SSSR count). The number of benzene rings is 1. The van der Waals surface area contributed by atoms with Crippen LogP contribution in [0, 0.1) is 0 Å². The molecule has 2 N–H and O–H groups in total. The van der Waals surface area contributed by atoms with E-state index in [4.69, 9.17) is 21.7 Å². The Morgan fingerprint density at radius 3 is 2.71 bits per heavy atom. The van der Waals surface area contributed by atoms with Crippen molar-refractivity contribution in [3.05, 3.63) is 47.8 Å².